The Morgan fingerprint density at radius 1 is 1.19 bits per heavy atom. The first-order chi connectivity index (χ1) is 10.1. The van der Waals surface area contributed by atoms with Crippen molar-refractivity contribution in [1.82, 2.24) is 0 Å². The highest BCUT2D eigenvalue weighted by molar-refractivity contribution is 5.92. The average Bonchev–Trinajstić information content (AvgIpc) is 2.47. The Hall–Kier alpha value is -2.33. The summed E-state index contributed by atoms with van der Waals surface area (Å²) in [6, 6.07) is 11.2. The molecule has 110 valence electrons. The van der Waals surface area contributed by atoms with E-state index in [1.165, 1.54) is 0 Å². The van der Waals surface area contributed by atoms with E-state index >= 15 is 0 Å². The van der Waals surface area contributed by atoms with Crippen molar-refractivity contribution in [3.63, 3.8) is 0 Å². The van der Waals surface area contributed by atoms with Crippen molar-refractivity contribution >= 4 is 16.7 Å². The van der Waals surface area contributed by atoms with E-state index in [9.17, 15) is 4.79 Å². The van der Waals surface area contributed by atoms with Gasteiger partial charge in [-0.15, -0.1) is 0 Å². The van der Waals surface area contributed by atoms with Crippen LogP contribution < -0.4 is 9.47 Å². The molecule has 0 saturated heterocycles. The van der Waals surface area contributed by atoms with Crippen molar-refractivity contribution in [3.05, 3.63) is 48.6 Å². The Kier molecular flexibility index (Phi) is 4.95. The van der Waals surface area contributed by atoms with Gasteiger partial charge in [-0.25, -0.2) is 4.79 Å². The molecule has 0 heterocycles. The summed E-state index contributed by atoms with van der Waals surface area (Å²) in [6.07, 6.45) is 0. The van der Waals surface area contributed by atoms with Crippen LogP contribution in [0.4, 0.5) is 0 Å². The second kappa shape index (κ2) is 6.90. The maximum atomic E-state index is 11.5. The summed E-state index contributed by atoms with van der Waals surface area (Å²) in [4.78, 5) is 11.5. The number of carbonyl (C=O) groups excluding carboxylic acids is 1. The van der Waals surface area contributed by atoms with Gasteiger partial charge in [0.25, 0.3) is 0 Å². The normalized spacial score (nSPS) is 10.4. The number of esters is 1. The lowest BCUT2D eigenvalue weighted by Crippen LogP contribution is -2.08. The third-order valence-electron chi connectivity index (χ3n) is 2.92. The Morgan fingerprint density at radius 3 is 2.71 bits per heavy atom. The fourth-order valence-corrected chi connectivity index (χ4v) is 1.85. The van der Waals surface area contributed by atoms with Crippen LogP contribution in [0.15, 0.2) is 48.6 Å². The zero-order valence-corrected chi connectivity index (χ0v) is 12.2. The fourth-order valence-electron chi connectivity index (χ4n) is 1.85. The lowest BCUT2D eigenvalue weighted by atomic mass is 10.1. The molecule has 0 aliphatic carbocycles. The Balaban J connectivity index is 2.24. The second-order valence-corrected chi connectivity index (χ2v) is 4.65. The summed E-state index contributed by atoms with van der Waals surface area (Å²) in [5, 5.41) is 1.90. The molecule has 0 unspecified atom stereocenters. The molecule has 0 saturated carbocycles. The van der Waals surface area contributed by atoms with Crippen molar-refractivity contribution in [2.45, 2.75) is 6.92 Å². The third kappa shape index (κ3) is 3.83. The second-order valence-electron chi connectivity index (χ2n) is 4.65. The summed E-state index contributed by atoms with van der Waals surface area (Å²) in [6.45, 7) is 6.20. The topological polar surface area (TPSA) is 44.8 Å². The summed E-state index contributed by atoms with van der Waals surface area (Å²) in [5.74, 6) is 0.841. The predicted molar refractivity (Wildman–Crippen MR) is 81.8 cm³/mol. The zero-order chi connectivity index (χ0) is 15.2. The summed E-state index contributed by atoms with van der Waals surface area (Å²) in [7, 11) is 1.63. The molecule has 0 aliphatic rings. The van der Waals surface area contributed by atoms with Gasteiger partial charge in [-0.05, 0) is 36.6 Å². The van der Waals surface area contributed by atoms with Crippen LogP contribution in [0, 0.1) is 0 Å². The molecule has 0 aromatic heterocycles. The number of carbonyl (C=O) groups is 1. The molecule has 0 N–H and O–H groups in total. The van der Waals surface area contributed by atoms with Gasteiger partial charge in [0.1, 0.15) is 18.1 Å². The minimum Gasteiger partial charge on any atom is -0.491 e. The first-order valence-electron chi connectivity index (χ1n) is 6.64. The van der Waals surface area contributed by atoms with E-state index in [2.05, 4.69) is 6.58 Å². The van der Waals surface area contributed by atoms with Crippen molar-refractivity contribution in [3.8, 4) is 11.5 Å². The number of hydrogen-bond acceptors (Lipinski definition) is 4. The van der Waals surface area contributed by atoms with E-state index in [4.69, 9.17) is 14.2 Å². The van der Waals surface area contributed by atoms with Gasteiger partial charge in [0, 0.05) is 18.1 Å². The summed E-state index contributed by atoms with van der Waals surface area (Å²) >= 11 is 0. The Morgan fingerprint density at radius 2 is 2.00 bits per heavy atom. The van der Waals surface area contributed by atoms with Crippen LogP contribution >= 0.6 is 0 Å². The molecule has 0 radical (unpaired) electrons. The van der Waals surface area contributed by atoms with Crippen LogP contribution in [0.3, 0.4) is 0 Å². The zero-order valence-electron chi connectivity index (χ0n) is 12.2. The SMILES string of the molecule is C=C(C)C(=O)Oc1ccc2c(OCCOC)cccc2c1. The van der Waals surface area contributed by atoms with Gasteiger partial charge in [-0.3, -0.25) is 0 Å². The number of benzene rings is 2. The lowest BCUT2D eigenvalue weighted by Gasteiger charge is -2.10. The molecule has 4 heteroatoms. The third-order valence-corrected chi connectivity index (χ3v) is 2.92. The van der Waals surface area contributed by atoms with Gasteiger partial charge in [0.05, 0.1) is 6.61 Å². The summed E-state index contributed by atoms with van der Waals surface area (Å²) < 4.78 is 15.9. The predicted octanol–water partition coefficient (Wildman–Crippen LogP) is 3.35. The first-order valence-corrected chi connectivity index (χ1v) is 6.64. The van der Waals surface area contributed by atoms with Crippen molar-refractivity contribution in [2.24, 2.45) is 0 Å². The minimum absolute atomic E-state index is 0.367. The molecule has 4 nitrogen and oxygen atoms in total. The van der Waals surface area contributed by atoms with Gasteiger partial charge in [0.2, 0.25) is 0 Å². The van der Waals surface area contributed by atoms with Gasteiger partial charge >= 0.3 is 5.97 Å². The molecule has 0 atom stereocenters. The monoisotopic (exact) mass is 286 g/mol. The molecule has 0 bridgehead atoms. The number of ether oxygens (including phenoxy) is 3. The first kappa shape index (κ1) is 15.1. The molecule has 0 aliphatic heterocycles. The highest BCUT2D eigenvalue weighted by Gasteiger charge is 2.08. The highest BCUT2D eigenvalue weighted by atomic mass is 16.5. The molecule has 2 aromatic carbocycles. The van der Waals surface area contributed by atoms with E-state index in [1.54, 1.807) is 26.2 Å². The van der Waals surface area contributed by atoms with Crippen LogP contribution in [0.2, 0.25) is 0 Å². The largest absolute Gasteiger partial charge is 0.491 e. The number of methoxy groups -OCH3 is 1. The van der Waals surface area contributed by atoms with Gasteiger partial charge in [-0.2, -0.15) is 0 Å². The van der Waals surface area contributed by atoms with E-state index < -0.39 is 5.97 Å². The Labute approximate surface area is 123 Å². The van der Waals surface area contributed by atoms with Crippen molar-refractivity contribution < 1.29 is 19.0 Å². The van der Waals surface area contributed by atoms with E-state index in [0.717, 1.165) is 16.5 Å². The van der Waals surface area contributed by atoms with E-state index in [1.807, 2.05) is 24.3 Å². The van der Waals surface area contributed by atoms with Crippen LogP contribution in [0.25, 0.3) is 10.8 Å². The maximum Gasteiger partial charge on any atom is 0.338 e. The molecular formula is C17H18O4. The Bertz CT molecular complexity index is 661. The maximum absolute atomic E-state index is 11.5. The molecular weight excluding hydrogens is 268 g/mol. The average molecular weight is 286 g/mol. The molecule has 2 aromatic rings. The van der Waals surface area contributed by atoms with Crippen LogP contribution in [-0.2, 0) is 9.53 Å². The van der Waals surface area contributed by atoms with Gasteiger partial charge < -0.3 is 14.2 Å². The highest BCUT2D eigenvalue weighted by Crippen LogP contribution is 2.29. The van der Waals surface area contributed by atoms with Crippen molar-refractivity contribution in [1.29, 1.82) is 0 Å². The molecule has 0 spiro atoms. The molecule has 2 rings (SSSR count). The molecule has 0 fully saturated rings. The van der Waals surface area contributed by atoms with Crippen LogP contribution in [0.5, 0.6) is 11.5 Å². The smallest absolute Gasteiger partial charge is 0.338 e. The number of fused-ring (bicyclic) bond motifs is 1. The van der Waals surface area contributed by atoms with Crippen LogP contribution in [-0.4, -0.2) is 26.3 Å². The van der Waals surface area contributed by atoms with Gasteiger partial charge in [0.15, 0.2) is 0 Å². The number of rotatable bonds is 6. The van der Waals surface area contributed by atoms with E-state index in [0.29, 0.717) is 24.5 Å². The molecule has 0 amide bonds. The number of hydrogen-bond donors (Lipinski definition) is 0. The van der Waals surface area contributed by atoms with Crippen LogP contribution in [0.1, 0.15) is 6.92 Å². The lowest BCUT2D eigenvalue weighted by molar-refractivity contribution is -0.130. The quantitative estimate of drug-likeness (QED) is 0.353. The molecule has 21 heavy (non-hydrogen) atoms. The minimum atomic E-state index is -0.429. The fraction of sp³-hybridized carbons (Fsp3) is 0.235. The standard InChI is InChI=1S/C17H18O4/c1-12(2)17(18)21-14-7-8-15-13(11-14)5-4-6-16(15)20-10-9-19-3/h4-8,11H,1,9-10H2,2-3H3. The summed E-state index contributed by atoms with van der Waals surface area (Å²) in [5.41, 5.74) is 0.367. The van der Waals surface area contributed by atoms with Crippen molar-refractivity contribution in [2.75, 3.05) is 20.3 Å². The van der Waals surface area contributed by atoms with E-state index in [-0.39, 0.29) is 0 Å². The van der Waals surface area contributed by atoms with Gasteiger partial charge in [-0.1, -0.05) is 18.7 Å².